The van der Waals surface area contributed by atoms with Crippen molar-refractivity contribution in [2.75, 3.05) is 7.11 Å². The van der Waals surface area contributed by atoms with Crippen LogP contribution in [0.5, 0.6) is 0 Å². The van der Waals surface area contributed by atoms with E-state index < -0.39 is 34.5 Å². The molecule has 4 rings (SSSR count). The summed E-state index contributed by atoms with van der Waals surface area (Å²) in [7, 11) is 1.24. The van der Waals surface area contributed by atoms with E-state index in [1.165, 1.54) is 13.2 Å². The zero-order chi connectivity index (χ0) is 25.4. The van der Waals surface area contributed by atoms with Gasteiger partial charge in [0.05, 0.1) is 17.6 Å². The molecule has 1 N–H and O–H groups in total. The van der Waals surface area contributed by atoms with Gasteiger partial charge in [0.2, 0.25) is 0 Å². The number of ketones is 1. The molecule has 0 unspecified atom stereocenters. The van der Waals surface area contributed by atoms with E-state index in [1.807, 2.05) is 0 Å². The lowest BCUT2D eigenvalue weighted by Gasteiger charge is -2.38. The van der Waals surface area contributed by atoms with Gasteiger partial charge in [0.25, 0.3) is 5.69 Å². The van der Waals surface area contributed by atoms with E-state index in [1.54, 1.807) is 32.9 Å². The number of aryl methyl sites for hydroxylation is 1. The number of esters is 2. The highest BCUT2D eigenvalue weighted by molar-refractivity contribution is 6.12. The van der Waals surface area contributed by atoms with Gasteiger partial charge in [0, 0.05) is 34.5 Å². The van der Waals surface area contributed by atoms with Gasteiger partial charge < -0.3 is 14.8 Å². The SMILES string of the molecule is COC(=O)[C@H]1C(=O)C2=C(C[C@H]1C)NC(C)=C(C(=O)OC1CCCC1)[C@@H]2c1ccc(C)c([N+](=O)[O-])c1. The Labute approximate surface area is 203 Å². The van der Waals surface area contributed by atoms with Crippen LogP contribution in [-0.4, -0.2) is 35.9 Å². The molecule has 3 atom stereocenters. The Hall–Kier alpha value is -3.49. The number of ether oxygens (including phenoxy) is 2. The highest BCUT2D eigenvalue weighted by atomic mass is 16.6. The number of rotatable bonds is 5. The van der Waals surface area contributed by atoms with E-state index in [4.69, 9.17) is 9.47 Å². The standard InChI is InChI=1S/C26H30N2O7/c1-13-9-10-16(12-19(13)28(32)33)22-21(26(31)35-17-7-5-6-8-17)15(3)27-18-11-14(2)20(25(30)34-4)24(29)23(18)22/h9-10,12,14,17,20,22,27H,5-8,11H2,1-4H3/t14-,20-,22+/m1/s1. The first-order valence-corrected chi connectivity index (χ1v) is 11.9. The van der Waals surface area contributed by atoms with Gasteiger partial charge in [-0.2, -0.15) is 0 Å². The van der Waals surface area contributed by atoms with E-state index in [-0.39, 0.29) is 28.9 Å². The van der Waals surface area contributed by atoms with Gasteiger partial charge in [-0.3, -0.25) is 19.7 Å². The van der Waals surface area contributed by atoms with Gasteiger partial charge >= 0.3 is 11.9 Å². The maximum Gasteiger partial charge on any atom is 0.337 e. The number of Topliss-reactive ketones (excluding diaryl/α,β-unsaturated/α-hetero) is 1. The summed E-state index contributed by atoms with van der Waals surface area (Å²) in [6, 6.07) is 4.71. The van der Waals surface area contributed by atoms with Crippen molar-refractivity contribution in [1.82, 2.24) is 5.32 Å². The minimum Gasteiger partial charge on any atom is -0.468 e. The fourth-order valence-electron chi connectivity index (χ4n) is 5.51. The molecule has 1 fully saturated rings. The van der Waals surface area contributed by atoms with E-state index >= 15 is 0 Å². The summed E-state index contributed by atoms with van der Waals surface area (Å²) in [4.78, 5) is 51.0. The number of benzene rings is 1. The van der Waals surface area contributed by atoms with Crippen LogP contribution in [0.2, 0.25) is 0 Å². The van der Waals surface area contributed by atoms with Crippen molar-refractivity contribution in [1.29, 1.82) is 0 Å². The van der Waals surface area contributed by atoms with E-state index in [0.717, 1.165) is 25.7 Å². The van der Waals surface area contributed by atoms with Gasteiger partial charge in [-0.15, -0.1) is 0 Å². The highest BCUT2D eigenvalue weighted by Crippen LogP contribution is 2.46. The third-order valence-electron chi connectivity index (χ3n) is 7.30. The van der Waals surface area contributed by atoms with Crippen molar-refractivity contribution >= 4 is 23.4 Å². The Morgan fingerprint density at radius 1 is 1.17 bits per heavy atom. The molecule has 0 bridgehead atoms. The Morgan fingerprint density at radius 3 is 2.49 bits per heavy atom. The number of nitrogens with zero attached hydrogens (tertiary/aromatic N) is 1. The zero-order valence-electron chi connectivity index (χ0n) is 20.4. The summed E-state index contributed by atoms with van der Waals surface area (Å²) in [5.41, 5.74) is 2.45. The molecule has 35 heavy (non-hydrogen) atoms. The molecule has 1 saturated carbocycles. The van der Waals surface area contributed by atoms with Crippen LogP contribution in [0.4, 0.5) is 5.69 Å². The van der Waals surface area contributed by atoms with Crippen LogP contribution in [0.15, 0.2) is 40.7 Å². The normalized spacial score (nSPS) is 24.7. The molecule has 1 aromatic rings. The maximum absolute atomic E-state index is 13.8. The van der Waals surface area contributed by atoms with E-state index in [0.29, 0.717) is 28.9 Å². The van der Waals surface area contributed by atoms with Gasteiger partial charge in [-0.25, -0.2) is 4.79 Å². The van der Waals surface area contributed by atoms with Crippen LogP contribution in [0.25, 0.3) is 0 Å². The van der Waals surface area contributed by atoms with Crippen molar-refractivity contribution in [2.24, 2.45) is 11.8 Å². The second kappa shape index (κ2) is 9.64. The quantitative estimate of drug-likeness (QED) is 0.289. The first-order chi connectivity index (χ1) is 16.6. The van der Waals surface area contributed by atoms with Gasteiger partial charge in [0.15, 0.2) is 5.78 Å². The Bertz CT molecular complexity index is 1160. The largest absolute Gasteiger partial charge is 0.468 e. The molecule has 3 aliphatic rings. The monoisotopic (exact) mass is 482 g/mol. The number of carbonyl (C=O) groups excluding carboxylic acids is 3. The molecule has 0 spiro atoms. The summed E-state index contributed by atoms with van der Waals surface area (Å²) >= 11 is 0. The van der Waals surface area contributed by atoms with Crippen molar-refractivity contribution in [3.8, 4) is 0 Å². The number of nitro benzene ring substituents is 1. The fraction of sp³-hybridized carbons (Fsp3) is 0.500. The van der Waals surface area contributed by atoms with E-state index in [9.17, 15) is 24.5 Å². The van der Waals surface area contributed by atoms with Crippen LogP contribution >= 0.6 is 0 Å². The second-order valence-corrected chi connectivity index (χ2v) is 9.65. The van der Waals surface area contributed by atoms with Crippen molar-refractivity contribution in [2.45, 2.75) is 64.9 Å². The molecule has 2 aliphatic carbocycles. The molecule has 9 heteroatoms. The van der Waals surface area contributed by atoms with Gasteiger partial charge in [-0.1, -0.05) is 19.1 Å². The van der Waals surface area contributed by atoms with Crippen LogP contribution < -0.4 is 5.32 Å². The van der Waals surface area contributed by atoms with E-state index in [2.05, 4.69) is 5.32 Å². The minimum atomic E-state index is -1.02. The number of carbonyl (C=O) groups is 3. The smallest absolute Gasteiger partial charge is 0.337 e. The second-order valence-electron chi connectivity index (χ2n) is 9.65. The Balaban J connectivity index is 1.86. The summed E-state index contributed by atoms with van der Waals surface area (Å²) in [5, 5.41) is 14.9. The first-order valence-electron chi connectivity index (χ1n) is 11.9. The number of methoxy groups -OCH3 is 1. The van der Waals surface area contributed by atoms with Crippen LogP contribution in [0.1, 0.15) is 63.0 Å². The molecule has 1 aliphatic heterocycles. The van der Waals surface area contributed by atoms with Gasteiger partial charge in [-0.05, 0) is 57.4 Å². The van der Waals surface area contributed by atoms with Gasteiger partial charge in [0.1, 0.15) is 12.0 Å². The van der Waals surface area contributed by atoms with Crippen LogP contribution in [0.3, 0.4) is 0 Å². The minimum absolute atomic E-state index is 0.106. The van der Waals surface area contributed by atoms with Crippen LogP contribution in [0, 0.1) is 28.9 Å². The molecule has 1 heterocycles. The fourth-order valence-corrected chi connectivity index (χ4v) is 5.51. The number of hydrogen-bond acceptors (Lipinski definition) is 8. The Morgan fingerprint density at radius 2 is 1.86 bits per heavy atom. The lowest BCUT2D eigenvalue weighted by molar-refractivity contribution is -0.385. The molecule has 1 aromatic carbocycles. The van der Waals surface area contributed by atoms with Crippen molar-refractivity contribution in [3.63, 3.8) is 0 Å². The third kappa shape index (κ3) is 4.47. The lowest BCUT2D eigenvalue weighted by Crippen LogP contribution is -2.43. The zero-order valence-corrected chi connectivity index (χ0v) is 20.4. The topological polar surface area (TPSA) is 125 Å². The average molecular weight is 483 g/mol. The number of hydrogen-bond donors (Lipinski definition) is 1. The molecule has 0 amide bonds. The maximum atomic E-state index is 13.8. The number of nitrogens with one attached hydrogen (secondary N) is 1. The average Bonchev–Trinajstić information content (AvgIpc) is 3.31. The summed E-state index contributed by atoms with van der Waals surface area (Å²) in [6.45, 7) is 5.18. The molecule has 0 radical (unpaired) electrons. The molecular weight excluding hydrogens is 452 g/mol. The first kappa shape index (κ1) is 24.6. The summed E-state index contributed by atoms with van der Waals surface area (Å²) in [6.07, 6.45) is 3.72. The molecule has 186 valence electrons. The third-order valence-corrected chi connectivity index (χ3v) is 7.30. The summed E-state index contributed by atoms with van der Waals surface area (Å²) in [5.74, 6) is -3.86. The number of dihydropyridines is 1. The predicted octanol–water partition coefficient (Wildman–Crippen LogP) is 4.00. The number of nitro groups is 1. The Kier molecular flexibility index (Phi) is 6.78. The highest BCUT2D eigenvalue weighted by Gasteiger charge is 2.47. The van der Waals surface area contributed by atoms with Crippen molar-refractivity contribution in [3.05, 3.63) is 62.0 Å². The molecule has 0 saturated heterocycles. The number of allylic oxidation sites excluding steroid dienone is 3. The molecular formula is C26H30N2O7. The molecule has 0 aromatic heterocycles. The molecule has 9 nitrogen and oxygen atoms in total. The van der Waals surface area contributed by atoms with Crippen LogP contribution in [-0.2, 0) is 23.9 Å². The van der Waals surface area contributed by atoms with Crippen molar-refractivity contribution < 1.29 is 28.8 Å². The lowest BCUT2D eigenvalue weighted by atomic mass is 9.69. The predicted molar refractivity (Wildman–Crippen MR) is 126 cm³/mol. The summed E-state index contributed by atoms with van der Waals surface area (Å²) < 4.78 is 10.7.